The van der Waals surface area contributed by atoms with E-state index in [0.29, 0.717) is 11.3 Å². The van der Waals surface area contributed by atoms with E-state index >= 15 is 0 Å². The number of hydrogen-bond donors (Lipinski definition) is 6. The van der Waals surface area contributed by atoms with E-state index in [1.807, 2.05) is 4.72 Å². The van der Waals surface area contributed by atoms with Crippen LogP contribution in [0, 0.1) is 0 Å². The van der Waals surface area contributed by atoms with E-state index in [2.05, 4.69) is 25.0 Å². The topological polar surface area (TPSA) is 207 Å². The Morgan fingerprint density at radius 3 is 2.82 bits per heavy atom. The lowest BCUT2D eigenvalue weighted by Gasteiger charge is -2.28. The van der Waals surface area contributed by atoms with Crippen LogP contribution in [0.3, 0.4) is 0 Å². The quantitative estimate of drug-likeness (QED) is 0.207. The van der Waals surface area contributed by atoms with Crippen LogP contribution in [0.2, 0.25) is 0 Å². The minimum atomic E-state index is -4.32. The lowest BCUT2D eigenvalue weighted by Crippen LogP contribution is -2.50. The zero-order valence-corrected chi connectivity index (χ0v) is 18.2. The molecule has 1 aliphatic rings. The van der Waals surface area contributed by atoms with Gasteiger partial charge in [0.05, 0.1) is 18.5 Å². The summed E-state index contributed by atoms with van der Waals surface area (Å²) in [7, 11) is -2.67. The Bertz CT molecular complexity index is 1300. The average molecular weight is 478 g/mol. The number of anilines is 2. The van der Waals surface area contributed by atoms with Gasteiger partial charge in [-0.1, -0.05) is 12.1 Å². The number of nitrogens with two attached hydrogens (primary N) is 1. The largest absolute Gasteiger partial charge is 0.398 e. The summed E-state index contributed by atoms with van der Waals surface area (Å²) in [5, 5.41) is 24.7. The number of nitrogen functional groups attached to an aromatic ring is 1. The number of nitrogens with one attached hydrogen (secondary N) is 3. The fourth-order valence-electron chi connectivity index (χ4n) is 3.50. The molecule has 2 aromatic heterocycles. The summed E-state index contributed by atoms with van der Waals surface area (Å²) >= 11 is 0. The Balaban J connectivity index is 1.46. The van der Waals surface area contributed by atoms with Crippen LogP contribution in [-0.2, 0) is 20.7 Å². The van der Waals surface area contributed by atoms with E-state index in [0.717, 1.165) is 0 Å². The number of ether oxygens (including phenoxy) is 1. The third-order valence-corrected chi connectivity index (χ3v) is 6.23. The van der Waals surface area contributed by atoms with Crippen LogP contribution in [0.4, 0.5) is 11.5 Å². The molecule has 1 amide bonds. The van der Waals surface area contributed by atoms with E-state index in [1.165, 1.54) is 29.4 Å². The summed E-state index contributed by atoms with van der Waals surface area (Å²) < 4.78 is 35.3. The van der Waals surface area contributed by atoms with E-state index in [4.69, 9.17) is 10.5 Å². The summed E-state index contributed by atoms with van der Waals surface area (Å²) in [4.78, 5) is 24.5. The van der Waals surface area contributed by atoms with Gasteiger partial charge in [0.1, 0.15) is 18.5 Å². The van der Waals surface area contributed by atoms with Gasteiger partial charge < -0.3 is 26.0 Å². The molecule has 0 saturated carbocycles. The first-order chi connectivity index (χ1) is 15.7. The van der Waals surface area contributed by atoms with Crippen LogP contribution in [0.25, 0.3) is 11.2 Å². The summed E-state index contributed by atoms with van der Waals surface area (Å²) in [5.41, 5.74) is 4.44. The van der Waals surface area contributed by atoms with Gasteiger partial charge in [0.25, 0.3) is 5.91 Å². The van der Waals surface area contributed by atoms with Crippen LogP contribution in [0.1, 0.15) is 10.4 Å². The molecule has 176 valence electrons. The highest BCUT2D eigenvalue weighted by atomic mass is 32.2. The number of aliphatic hydroxyl groups is 2. The van der Waals surface area contributed by atoms with Crippen LogP contribution in [0.5, 0.6) is 0 Å². The molecule has 1 aromatic carbocycles. The molecule has 14 nitrogen and oxygen atoms in total. The number of nitrogens with zero attached hydrogens (tertiary/aromatic N) is 4. The lowest BCUT2D eigenvalue weighted by molar-refractivity contribution is -0.107. The number of aromatic nitrogens is 4. The number of carbonyl (C=O) groups excluding carboxylic acids is 1. The minimum absolute atomic E-state index is 0.00989. The molecule has 3 aromatic rings. The highest BCUT2D eigenvalue weighted by Gasteiger charge is 2.50. The monoisotopic (exact) mass is 478 g/mol. The first kappa shape index (κ1) is 22.8. The second-order valence-corrected chi connectivity index (χ2v) is 8.80. The van der Waals surface area contributed by atoms with Crippen molar-refractivity contribution < 1.29 is 28.2 Å². The fourth-order valence-corrected chi connectivity index (χ4v) is 4.31. The van der Waals surface area contributed by atoms with Crippen LogP contribution < -0.4 is 20.5 Å². The van der Waals surface area contributed by atoms with Gasteiger partial charge >= 0.3 is 10.2 Å². The maximum atomic E-state index is 12.3. The summed E-state index contributed by atoms with van der Waals surface area (Å²) in [6, 6.07) is 5.98. The Kier molecular flexibility index (Phi) is 5.89. The summed E-state index contributed by atoms with van der Waals surface area (Å²) in [6.45, 7) is -0.794. The molecule has 4 rings (SSSR count). The molecule has 3 atom stereocenters. The molecule has 3 heterocycles. The Hall–Kier alpha value is -3.37. The number of hydrogen-bond acceptors (Lipinski definition) is 11. The maximum Gasteiger partial charge on any atom is 0.301 e. The van der Waals surface area contributed by atoms with Crippen LogP contribution >= 0.6 is 0 Å². The number of fused-ring (bicyclic) bond motifs is 1. The zero-order chi connectivity index (χ0) is 23.8. The van der Waals surface area contributed by atoms with Crippen molar-refractivity contribution in [2.24, 2.45) is 0 Å². The molecule has 1 saturated heterocycles. The van der Waals surface area contributed by atoms with E-state index in [1.54, 1.807) is 19.2 Å². The number of rotatable bonds is 7. The molecule has 0 radical (unpaired) electrons. The highest BCUT2D eigenvalue weighted by Crippen LogP contribution is 2.32. The maximum absolute atomic E-state index is 12.3. The van der Waals surface area contributed by atoms with Gasteiger partial charge in [0, 0.05) is 19.3 Å². The Labute approximate surface area is 188 Å². The predicted octanol–water partition coefficient (Wildman–Crippen LogP) is -1.88. The van der Waals surface area contributed by atoms with Crippen molar-refractivity contribution in [2.45, 2.75) is 17.9 Å². The second kappa shape index (κ2) is 8.53. The first-order valence-corrected chi connectivity index (χ1v) is 11.2. The van der Waals surface area contributed by atoms with Crippen molar-refractivity contribution in [3.05, 3.63) is 42.5 Å². The van der Waals surface area contributed by atoms with Gasteiger partial charge in [0.2, 0.25) is 0 Å². The number of imidazole rings is 1. The Morgan fingerprint density at radius 1 is 1.33 bits per heavy atom. The number of amides is 1. The molecule has 7 N–H and O–H groups in total. The standard InChI is InChI=1S/C18H22N8O6S/c1-20-15-13-16(22-8-21-15)26(9-23-13)18(29)7-32-12(14(18)27)6-24-33(30,31)25-17(28)10-4-2-3-5-11(10)19/h2-5,8-9,12,14,24,27,29H,6-7,19H2,1H3,(H,25,28)(H,20,21,22)/t12-,14-,18+/m1/s1. The number of benzene rings is 1. The van der Waals surface area contributed by atoms with Crippen molar-refractivity contribution >= 4 is 38.8 Å². The molecule has 1 aliphatic heterocycles. The second-order valence-electron chi connectivity index (χ2n) is 7.30. The predicted molar refractivity (Wildman–Crippen MR) is 116 cm³/mol. The molecule has 0 spiro atoms. The molecule has 1 fully saturated rings. The summed E-state index contributed by atoms with van der Waals surface area (Å²) in [6.07, 6.45) is -0.132. The minimum Gasteiger partial charge on any atom is -0.398 e. The molecule has 0 unspecified atom stereocenters. The fraction of sp³-hybridized carbons (Fsp3) is 0.333. The lowest BCUT2D eigenvalue weighted by atomic mass is 10.1. The number of aliphatic hydroxyl groups excluding tert-OH is 1. The van der Waals surface area contributed by atoms with Gasteiger partial charge in [-0.3, -0.25) is 9.36 Å². The number of para-hydroxylation sites is 1. The molecular weight excluding hydrogens is 456 g/mol. The average Bonchev–Trinajstić information content (AvgIpc) is 3.34. The molecule has 0 bridgehead atoms. The molecule has 15 heteroatoms. The third-order valence-electron chi connectivity index (χ3n) is 5.23. The first-order valence-electron chi connectivity index (χ1n) is 9.71. The van der Waals surface area contributed by atoms with E-state index in [-0.39, 0.29) is 23.5 Å². The zero-order valence-electron chi connectivity index (χ0n) is 17.3. The molecular formula is C18H22N8O6S. The molecule has 33 heavy (non-hydrogen) atoms. The van der Waals surface area contributed by atoms with Crippen LogP contribution in [-0.4, -0.2) is 76.5 Å². The van der Waals surface area contributed by atoms with Gasteiger partial charge in [-0.2, -0.15) is 13.1 Å². The molecule has 0 aliphatic carbocycles. The summed E-state index contributed by atoms with van der Waals surface area (Å²) in [5.74, 6) is -0.496. The van der Waals surface area contributed by atoms with Gasteiger partial charge in [-0.25, -0.2) is 19.7 Å². The smallest absolute Gasteiger partial charge is 0.301 e. The SMILES string of the molecule is CNc1ncnc2c1ncn2[C@]1(O)CO[C@H](CNS(=O)(=O)NC(=O)c2ccccc2N)[C@H]1O. The van der Waals surface area contributed by atoms with Crippen molar-refractivity contribution in [3.8, 4) is 0 Å². The van der Waals surface area contributed by atoms with E-state index in [9.17, 15) is 23.4 Å². The number of carbonyl (C=O) groups is 1. The normalized spacial score (nSPS) is 23.0. The Morgan fingerprint density at radius 2 is 2.09 bits per heavy atom. The van der Waals surface area contributed by atoms with Crippen molar-refractivity contribution in [3.63, 3.8) is 0 Å². The third kappa shape index (κ3) is 4.19. The van der Waals surface area contributed by atoms with Gasteiger partial charge in [-0.05, 0) is 12.1 Å². The van der Waals surface area contributed by atoms with Crippen molar-refractivity contribution in [1.82, 2.24) is 29.0 Å². The highest BCUT2D eigenvalue weighted by molar-refractivity contribution is 7.88. The van der Waals surface area contributed by atoms with Crippen molar-refractivity contribution in [2.75, 3.05) is 31.2 Å². The van der Waals surface area contributed by atoms with Crippen LogP contribution in [0.15, 0.2) is 36.9 Å². The van der Waals surface area contributed by atoms with Crippen molar-refractivity contribution in [1.29, 1.82) is 0 Å². The van der Waals surface area contributed by atoms with E-state index < -0.39 is 40.6 Å². The van der Waals surface area contributed by atoms with Gasteiger partial charge in [0.15, 0.2) is 22.7 Å². The van der Waals surface area contributed by atoms with Gasteiger partial charge in [-0.15, -0.1) is 0 Å².